The molecule has 0 aromatic carbocycles. The summed E-state index contributed by atoms with van der Waals surface area (Å²) in [6, 6.07) is 9.76. The fraction of sp³-hybridized carbons (Fsp3) is 0.308. The molecule has 10 heteroatoms. The molecule has 10 nitrogen and oxygen atoms in total. The number of hydrogen-bond donors (Lipinski definition) is 1. The molecule has 1 fully saturated rings. The van der Waals surface area contributed by atoms with Gasteiger partial charge < -0.3 is 24.2 Å². The molecule has 0 radical (unpaired) electrons. The van der Waals surface area contributed by atoms with Crippen molar-refractivity contribution in [1.29, 1.82) is 5.26 Å². The zero-order valence-electron chi connectivity index (χ0n) is 20.3. The van der Waals surface area contributed by atoms with Crippen molar-refractivity contribution < 1.29 is 19.3 Å². The first-order valence-corrected chi connectivity index (χ1v) is 11.5. The molecule has 0 amide bonds. The summed E-state index contributed by atoms with van der Waals surface area (Å²) in [4.78, 5) is 10.9. The first-order chi connectivity index (χ1) is 17.3. The number of pyridine rings is 3. The summed E-state index contributed by atoms with van der Waals surface area (Å²) in [6.07, 6.45) is 8.35. The summed E-state index contributed by atoms with van der Waals surface area (Å²) in [7, 11) is 1.60. The van der Waals surface area contributed by atoms with Crippen LogP contribution in [0.15, 0.2) is 55.2 Å². The number of anilines is 1. The fourth-order valence-corrected chi connectivity index (χ4v) is 3.94. The van der Waals surface area contributed by atoms with E-state index in [-0.39, 0.29) is 12.7 Å². The van der Waals surface area contributed by atoms with Crippen LogP contribution < -0.4 is 19.1 Å². The van der Waals surface area contributed by atoms with Crippen LogP contribution in [-0.4, -0.2) is 63.2 Å². The maximum atomic E-state index is 10.0. The van der Waals surface area contributed by atoms with E-state index < -0.39 is 5.60 Å². The van der Waals surface area contributed by atoms with Crippen molar-refractivity contribution in [2.45, 2.75) is 25.6 Å². The molecular formula is C26H26N6O4. The van der Waals surface area contributed by atoms with Crippen LogP contribution in [0.2, 0.25) is 0 Å². The molecular weight excluding hydrogens is 460 g/mol. The van der Waals surface area contributed by atoms with Crippen LogP contribution in [0.1, 0.15) is 19.4 Å². The van der Waals surface area contributed by atoms with Crippen LogP contribution in [-0.2, 0) is 0 Å². The SMILES string of the molecule is COc1cncc(OC2CN(c3ccc(-c4cc(OCC(C)(C)O)cn5ncc(C#N)c45)cn3)C2)c1. The molecule has 1 aliphatic heterocycles. The predicted molar refractivity (Wildman–Crippen MR) is 132 cm³/mol. The topological polar surface area (TPSA) is 118 Å². The largest absolute Gasteiger partial charge is 0.495 e. The third-order valence-electron chi connectivity index (χ3n) is 5.76. The van der Waals surface area contributed by atoms with Crippen LogP contribution in [0.25, 0.3) is 16.6 Å². The number of ether oxygens (including phenoxy) is 3. The van der Waals surface area contributed by atoms with Crippen molar-refractivity contribution in [2.75, 3.05) is 31.7 Å². The predicted octanol–water partition coefficient (Wildman–Crippen LogP) is 3.09. The Labute approximate surface area is 208 Å². The second-order valence-electron chi connectivity index (χ2n) is 9.26. The van der Waals surface area contributed by atoms with Gasteiger partial charge in [-0.15, -0.1) is 0 Å². The maximum Gasteiger partial charge on any atom is 0.141 e. The van der Waals surface area contributed by atoms with E-state index in [1.54, 1.807) is 50.3 Å². The van der Waals surface area contributed by atoms with E-state index in [9.17, 15) is 10.4 Å². The second kappa shape index (κ2) is 9.36. The van der Waals surface area contributed by atoms with Crippen LogP contribution >= 0.6 is 0 Å². The van der Waals surface area contributed by atoms with Gasteiger partial charge in [-0.25, -0.2) is 9.50 Å². The van der Waals surface area contributed by atoms with Crippen LogP contribution in [0.4, 0.5) is 5.82 Å². The normalized spacial score (nSPS) is 13.8. The highest BCUT2D eigenvalue weighted by atomic mass is 16.5. The number of nitriles is 1. The molecule has 0 saturated carbocycles. The van der Waals surface area contributed by atoms with Gasteiger partial charge in [0.25, 0.3) is 0 Å². The Morgan fingerprint density at radius 1 is 1.11 bits per heavy atom. The first kappa shape index (κ1) is 23.4. The van der Waals surface area contributed by atoms with Crippen molar-refractivity contribution in [1.82, 2.24) is 19.6 Å². The van der Waals surface area contributed by atoms with Crippen molar-refractivity contribution in [3.8, 4) is 34.4 Å². The molecule has 0 spiro atoms. The van der Waals surface area contributed by atoms with Crippen molar-refractivity contribution in [3.63, 3.8) is 0 Å². The molecule has 0 unspecified atom stereocenters. The Hall–Kier alpha value is -4.36. The summed E-state index contributed by atoms with van der Waals surface area (Å²) in [5.41, 5.74) is 1.74. The number of aliphatic hydroxyl groups is 1. The van der Waals surface area contributed by atoms with E-state index >= 15 is 0 Å². The summed E-state index contributed by atoms with van der Waals surface area (Å²) >= 11 is 0. The first-order valence-electron chi connectivity index (χ1n) is 11.5. The van der Waals surface area contributed by atoms with Gasteiger partial charge in [-0.1, -0.05) is 0 Å². The van der Waals surface area contributed by atoms with Gasteiger partial charge >= 0.3 is 0 Å². The molecule has 4 aromatic rings. The van der Waals surface area contributed by atoms with Gasteiger partial charge in [-0.3, -0.25) is 4.98 Å². The number of methoxy groups -OCH3 is 1. The van der Waals surface area contributed by atoms with Crippen LogP contribution in [0.3, 0.4) is 0 Å². The van der Waals surface area contributed by atoms with Gasteiger partial charge in [-0.05, 0) is 32.0 Å². The molecule has 36 heavy (non-hydrogen) atoms. The van der Waals surface area contributed by atoms with Gasteiger partial charge in [0.2, 0.25) is 0 Å². The fourth-order valence-electron chi connectivity index (χ4n) is 3.94. The van der Waals surface area contributed by atoms with Gasteiger partial charge in [0.15, 0.2) is 0 Å². The Balaban J connectivity index is 1.33. The summed E-state index contributed by atoms with van der Waals surface area (Å²) < 4.78 is 18.6. The highest BCUT2D eigenvalue weighted by molar-refractivity contribution is 5.85. The lowest BCUT2D eigenvalue weighted by Gasteiger charge is -2.39. The summed E-state index contributed by atoms with van der Waals surface area (Å²) in [5.74, 6) is 2.70. The lowest BCUT2D eigenvalue weighted by molar-refractivity contribution is 0.0283. The molecule has 1 N–H and O–H groups in total. The zero-order valence-corrected chi connectivity index (χ0v) is 20.3. The maximum absolute atomic E-state index is 10.0. The number of hydrogen-bond acceptors (Lipinski definition) is 9. The molecule has 1 saturated heterocycles. The number of fused-ring (bicyclic) bond motifs is 1. The van der Waals surface area contributed by atoms with Crippen molar-refractivity contribution in [3.05, 3.63) is 60.8 Å². The number of rotatable bonds is 8. The van der Waals surface area contributed by atoms with Crippen molar-refractivity contribution >= 4 is 11.3 Å². The molecule has 5 rings (SSSR count). The third kappa shape index (κ3) is 4.87. The van der Waals surface area contributed by atoms with Gasteiger partial charge in [0.05, 0.1) is 61.7 Å². The van der Waals surface area contributed by atoms with Crippen LogP contribution in [0, 0.1) is 11.3 Å². The molecule has 0 bridgehead atoms. The molecule has 184 valence electrons. The second-order valence-corrected chi connectivity index (χ2v) is 9.26. The highest BCUT2D eigenvalue weighted by Crippen LogP contribution is 2.32. The van der Waals surface area contributed by atoms with Crippen molar-refractivity contribution in [2.24, 2.45) is 0 Å². The monoisotopic (exact) mass is 486 g/mol. The molecule has 0 aliphatic carbocycles. The van der Waals surface area contributed by atoms with E-state index in [0.717, 1.165) is 16.9 Å². The van der Waals surface area contributed by atoms with E-state index in [4.69, 9.17) is 14.2 Å². The van der Waals surface area contributed by atoms with E-state index in [2.05, 4.69) is 26.0 Å². The smallest absolute Gasteiger partial charge is 0.141 e. The minimum atomic E-state index is -0.984. The lowest BCUT2D eigenvalue weighted by Crippen LogP contribution is -2.54. The minimum Gasteiger partial charge on any atom is -0.495 e. The number of aromatic nitrogens is 4. The van der Waals surface area contributed by atoms with E-state index in [1.165, 1.54) is 6.20 Å². The summed E-state index contributed by atoms with van der Waals surface area (Å²) in [6.45, 7) is 4.88. The Morgan fingerprint density at radius 3 is 2.61 bits per heavy atom. The zero-order chi connectivity index (χ0) is 25.3. The Kier molecular flexibility index (Phi) is 6.08. The standard InChI is InChI=1S/C26H26N6O4/c1-26(2,33)16-35-21-7-23(25-18(8-27)10-30-32(25)15-21)17-4-5-24(29-9-17)31-13-22(14-31)36-20-6-19(34-3)11-28-12-20/h4-7,9-12,15,22,33H,13-14,16H2,1-3H3. The minimum absolute atomic E-state index is 0.0367. The molecule has 4 aromatic heterocycles. The van der Waals surface area contributed by atoms with E-state index in [1.807, 2.05) is 24.3 Å². The van der Waals surface area contributed by atoms with Crippen LogP contribution in [0.5, 0.6) is 17.2 Å². The average molecular weight is 487 g/mol. The quantitative estimate of drug-likeness (QED) is 0.401. The van der Waals surface area contributed by atoms with E-state index in [0.29, 0.717) is 41.4 Å². The number of nitrogens with zero attached hydrogens (tertiary/aromatic N) is 6. The molecule has 5 heterocycles. The highest BCUT2D eigenvalue weighted by Gasteiger charge is 2.30. The van der Waals surface area contributed by atoms with Gasteiger partial charge in [0, 0.05) is 23.4 Å². The molecule has 0 atom stereocenters. The Morgan fingerprint density at radius 2 is 1.92 bits per heavy atom. The average Bonchev–Trinajstić information content (AvgIpc) is 3.27. The summed E-state index contributed by atoms with van der Waals surface area (Å²) in [5, 5.41) is 23.9. The molecule has 1 aliphatic rings. The third-order valence-corrected chi connectivity index (χ3v) is 5.76. The lowest BCUT2D eigenvalue weighted by atomic mass is 10.0. The van der Waals surface area contributed by atoms with Gasteiger partial charge in [-0.2, -0.15) is 10.4 Å². The Bertz CT molecular complexity index is 1420. The van der Waals surface area contributed by atoms with Gasteiger partial charge in [0.1, 0.15) is 41.8 Å².